The Kier molecular flexibility index (Phi) is 28.7. The minimum absolute atomic E-state index is 0.0544. The summed E-state index contributed by atoms with van der Waals surface area (Å²) in [5, 5.41) is 0. The molecular weight excluding hydrogens is 469 g/mol. The number of hydrogen-bond donors (Lipinski definition) is 2. The van der Waals surface area contributed by atoms with Gasteiger partial charge in [-0.3, -0.25) is 4.57 Å². The Morgan fingerprint density at radius 3 is 0.861 bits per heavy atom. The van der Waals surface area contributed by atoms with Crippen molar-refractivity contribution in [2.24, 2.45) is 4.99 Å². The van der Waals surface area contributed by atoms with Gasteiger partial charge in [0, 0.05) is 6.16 Å². The Hall–Kier alpha value is -0.470. The van der Waals surface area contributed by atoms with Gasteiger partial charge in [-0.25, -0.2) is 9.79 Å². The summed E-state index contributed by atoms with van der Waals surface area (Å²) in [4.78, 5) is 31.2. The van der Waals surface area contributed by atoms with E-state index >= 15 is 0 Å². The number of carbonyl (C=O) groups excluding carboxylic acids is 1. The van der Waals surface area contributed by atoms with Crippen LogP contribution in [0.4, 0.5) is 0 Å². The van der Waals surface area contributed by atoms with Crippen molar-refractivity contribution in [2.45, 2.75) is 173 Å². The van der Waals surface area contributed by atoms with Crippen LogP contribution < -0.4 is 0 Å². The molecule has 0 saturated carbocycles. The second kappa shape index (κ2) is 29.1. The summed E-state index contributed by atoms with van der Waals surface area (Å²) in [7, 11) is -3.78. The molecule has 5 nitrogen and oxygen atoms in total. The van der Waals surface area contributed by atoms with Gasteiger partial charge in [0.2, 0.25) is 6.08 Å². The van der Waals surface area contributed by atoms with Gasteiger partial charge in [0.15, 0.2) is 0 Å². The van der Waals surface area contributed by atoms with E-state index in [9.17, 15) is 9.36 Å². The predicted octanol–water partition coefficient (Wildman–Crippen LogP) is 10.0. The van der Waals surface area contributed by atoms with E-state index < -0.39 is 7.60 Å². The zero-order valence-electron chi connectivity index (χ0n) is 23.6. The maximum absolute atomic E-state index is 10.8. The Bertz CT molecular complexity index is 531. The van der Waals surface area contributed by atoms with Gasteiger partial charge in [-0.2, -0.15) is 0 Å². The van der Waals surface area contributed by atoms with E-state index in [-0.39, 0.29) is 6.16 Å². The van der Waals surface area contributed by atoms with Crippen LogP contribution in [0.15, 0.2) is 4.99 Å². The van der Waals surface area contributed by atoms with E-state index in [4.69, 9.17) is 9.79 Å². The molecule has 0 atom stereocenters. The fraction of sp³-hybridized carbons (Fsp3) is 0.967. The molecule has 2 N–H and O–H groups in total. The van der Waals surface area contributed by atoms with Crippen LogP contribution in [0, 0.1) is 0 Å². The first kappa shape index (κ1) is 35.5. The molecule has 0 amide bonds. The average Bonchev–Trinajstić information content (AvgIpc) is 2.84. The zero-order chi connectivity index (χ0) is 26.4. The lowest BCUT2D eigenvalue weighted by molar-refractivity contribution is 0.370. The standard InChI is InChI=1S/C30H60NO4P/c32-30-31-28-26-24-22-20-18-16-14-12-10-8-6-4-2-1-3-5-7-9-11-13-15-17-19-21-23-25-27-29-36(33,34)35/h1-29H2,(H2,33,34,35). The molecule has 0 radical (unpaired) electrons. The van der Waals surface area contributed by atoms with Crippen LogP contribution in [0.25, 0.3) is 0 Å². The van der Waals surface area contributed by atoms with Crippen molar-refractivity contribution in [3.05, 3.63) is 0 Å². The molecule has 0 aromatic heterocycles. The van der Waals surface area contributed by atoms with Gasteiger partial charge >= 0.3 is 7.60 Å². The normalized spacial score (nSPS) is 11.6. The van der Waals surface area contributed by atoms with E-state index in [1.807, 2.05) is 0 Å². The van der Waals surface area contributed by atoms with E-state index in [2.05, 4.69) is 4.99 Å². The van der Waals surface area contributed by atoms with Crippen LogP contribution >= 0.6 is 7.60 Å². The molecule has 0 rings (SSSR count). The van der Waals surface area contributed by atoms with E-state index in [0.29, 0.717) is 13.0 Å². The molecule has 0 saturated heterocycles. The van der Waals surface area contributed by atoms with Gasteiger partial charge in [0.05, 0.1) is 6.54 Å². The summed E-state index contributed by atoms with van der Waals surface area (Å²) in [6.45, 7) is 0.656. The molecule has 0 aliphatic heterocycles. The van der Waals surface area contributed by atoms with Crippen molar-refractivity contribution in [1.29, 1.82) is 0 Å². The first-order valence-electron chi connectivity index (χ1n) is 15.6. The molecule has 6 heteroatoms. The Labute approximate surface area is 223 Å². The maximum atomic E-state index is 10.8. The molecule has 0 fully saturated rings. The second-order valence-corrected chi connectivity index (χ2v) is 12.7. The van der Waals surface area contributed by atoms with Crippen molar-refractivity contribution in [2.75, 3.05) is 12.7 Å². The highest BCUT2D eigenvalue weighted by molar-refractivity contribution is 7.51. The molecule has 0 aromatic carbocycles. The van der Waals surface area contributed by atoms with Gasteiger partial charge in [-0.15, -0.1) is 0 Å². The Morgan fingerprint density at radius 1 is 0.417 bits per heavy atom. The first-order chi connectivity index (χ1) is 17.6. The fourth-order valence-electron chi connectivity index (χ4n) is 4.97. The van der Waals surface area contributed by atoms with Crippen LogP contribution in [-0.2, 0) is 9.36 Å². The minimum Gasteiger partial charge on any atom is -0.324 e. The molecular formula is C30H60NO4P. The van der Waals surface area contributed by atoms with E-state index in [0.717, 1.165) is 19.3 Å². The third-order valence-electron chi connectivity index (χ3n) is 7.28. The quantitative estimate of drug-likeness (QED) is 0.0419. The number of isocyanates is 1. The SMILES string of the molecule is O=C=NCCCCCCCCCCCCCCCCCCCCCCCCCCCCCP(=O)(O)O. The van der Waals surface area contributed by atoms with Gasteiger partial charge in [-0.1, -0.05) is 161 Å². The number of nitrogens with zero attached hydrogens (tertiary/aromatic N) is 1. The molecule has 0 aromatic rings. The molecule has 36 heavy (non-hydrogen) atoms. The average molecular weight is 530 g/mol. The summed E-state index contributed by atoms with van der Waals surface area (Å²) >= 11 is 0. The van der Waals surface area contributed by atoms with Crippen molar-refractivity contribution in [3.8, 4) is 0 Å². The van der Waals surface area contributed by atoms with Crippen molar-refractivity contribution in [3.63, 3.8) is 0 Å². The van der Waals surface area contributed by atoms with Crippen molar-refractivity contribution < 1.29 is 19.1 Å². The van der Waals surface area contributed by atoms with Crippen molar-refractivity contribution in [1.82, 2.24) is 0 Å². The Morgan fingerprint density at radius 2 is 0.639 bits per heavy atom. The van der Waals surface area contributed by atoms with Crippen LogP contribution in [-0.4, -0.2) is 28.6 Å². The van der Waals surface area contributed by atoms with Crippen LogP contribution in [0.1, 0.15) is 173 Å². The lowest BCUT2D eigenvalue weighted by Crippen LogP contribution is -1.88. The van der Waals surface area contributed by atoms with Crippen molar-refractivity contribution >= 4 is 13.7 Å². The highest BCUT2D eigenvalue weighted by atomic mass is 31.2. The van der Waals surface area contributed by atoms with Crippen LogP contribution in [0.5, 0.6) is 0 Å². The molecule has 214 valence electrons. The van der Waals surface area contributed by atoms with Gasteiger partial charge in [-0.05, 0) is 12.8 Å². The van der Waals surface area contributed by atoms with E-state index in [1.165, 1.54) is 148 Å². The lowest BCUT2D eigenvalue weighted by Gasteiger charge is -2.05. The minimum atomic E-state index is -3.78. The maximum Gasteiger partial charge on any atom is 0.325 e. The lowest BCUT2D eigenvalue weighted by atomic mass is 10.0. The molecule has 0 unspecified atom stereocenters. The zero-order valence-corrected chi connectivity index (χ0v) is 24.5. The highest BCUT2D eigenvalue weighted by Crippen LogP contribution is 2.35. The molecule has 0 heterocycles. The summed E-state index contributed by atoms with van der Waals surface area (Å²) in [5.74, 6) is 0. The summed E-state index contributed by atoms with van der Waals surface area (Å²) in [5.41, 5.74) is 0. The largest absolute Gasteiger partial charge is 0.325 e. The molecule has 0 aliphatic rings. The predicted molar refractivity (Wildman–Crippen MR) is 155 cm³/mol. The number of hydrogen-bond acceptors (Lipinski definition) is 3. The fourth-order valence-corrected chi connectivity index (χ4v) is 5.61. The Balaban J connectivity index is 3.05. The van der Waals surface area contributed by atoms with Crippen LogP contribution in [0.3, 0.4) is 0 Å². The summed E-state index contributed by atoms with van der Waals surface area (Å²) in [6, 6.07) is 0. The van der Waals surface area contributed by atoms with Gasteiger partial charge in [0.1, 0.15) is 0 Å². The summed E-state index contributed by atoms with van der Waals surface area (Å²) < 4.78 is 10.8. The van der Waals surface area contributed by atoms with Crippen LogP contribution in [0.2, 0.25) is 0 Å². The monoisotopic (exact) mass is 529 g/mol. The third-order valence-corrected chi connectivity index (χ3v) is 8.18. The topological polar surface area (TPSA) is 87.0 Å². The number of rotatable bonds is 30. The molecule has 0 bridgehead atoms. The molecule has 0 aliphatic carbocycles. The number of unbranched alkanes of at least 4 members (excludes halogenated alkanes) is 26. The molecule has 0 spiro atoms. The van der Waals surface area contributed by atoms with Gasteiger partial charge < -0.3 is 9.79 Å². The smallest absolute Gasteiger partial charge is 0.324 e. The summed E-state index contributed by atoms with van der Waals surface area (Å²) in [6.07, 6.45) is 36.9. The third kappa shape index (κ3) is 33.5. The number of aliphatic imine (C=N–C) groups is 1. The highest BCUT2D eigenvalue weighted by Gasteiger charge is 2.10. The first-order valence-corrected chi connectivity index (χ1v) is 17.4. The second-order valence-electron chi connectivity index (χ2n) is 10.9. The van der Waals surface area contributed by atoms with E-state index in [1.54, 1.807) is 6.08 Å². The van der Waals surface area contributed by atoms with Gasteiger partial charge in [0.25, 0.3) is 0 Å².